The number of carboxylic acid groups (broad SMARTS) is 1. The highest BCUT2D eigenvalue weighted by molar-refractivity contribution is 5.94. The van der Waals surface area contributed by atoms with Crippen LogP contribution in [0.15, 0.2) is 41.4 Å². The SMILES string of the molecule is CCN1c2cc(OC)c(C=Nc3cccc(C(=O)O)c3C)cc2C(C)=CC1(C)C. The van der Waals surface area contributed by atoms with Crippen LogP contribution in [-0.2, 0) is 0 Å². The summed E-state index contributed by atoms with van der Waals surface area (Å²) in [6.07, 6.45) is 4.03. The predicted octanol–water partition coefficient (Wildman–Crippen LogP) is 5.47. The fraction of sp³-hybridized carbons (Fsp3) is 0.333. The largest absolute Gasteiger partial charge is 0.496 e. The molecule has 29 heavy (non-hydrogen) atoms. The number of aromatic carboxylic acids is 1. The number of ether oxygens (including phenoxy) is 1. The van der Waals surface area contributed by atoms with Gasteiger partial charge in [0, 0.05) is 35.6 Å². The van der Waals surface area contributed by atoms with Crippen LogP contribution in [0.5, 0.6) is 5.75 Å². The Morgan fingerprint density at radius 1 is 1.28 bits per heavy atom. The average Bonchev–Trinajstić information content (AvgIpc) is 2.66. The van der Waals surface area contributed by atoms with Gasteiger partial charge in [0.2, 0.25) is 0 Å². The summed E-state index contributed by atoms with van der Waals surface area (Å²) in [7, 11) is 1.66. The molecule has 0 saturated heterocycles. The van der Waals surface area contributed by atoms with Gasteiger partial charge in [-0.2, -0.15) is 0 Å². The molecule has 2 aromatic carbocycles. The number of fused-ring (bicyclic) bond motifs is 1. The van der Waals surface area contributed by atoms with Gasteiger partial charge < -0.3 is 14.7 Å². The third-order valence-electron chi connectivity index (χ3n) is 5.52. The van der Waals surface area contributed by atoms with Gasteiger partial charge in [-0.3, -0.25) is 4.99 Å². The molecule has 0 saturated carbocycles. The number of methoxy groups -OCH3 is 1. The number of allylic oxidation sites excluding steroid dienone is 1. The van der Waals surface area contributed by atoms with Crippen molar-refractivity contribution in [1.29, 1.82) is 0 Å². The Balaban J connectivity index is 2.09. The van der Waals surface area contributed by atoms with Crippen molar-refractivity contribution in [1.82, 2.24) is 0 Å². The van der Waals surface area contributed by atoms with Gasteiger partial charge in [-0.15, -0.1) is 0 Å². The quantitative estimate of drug-likeness (QED) is 0.685. The molecule has 152 valence electrons. The molecule has 3 rings (SSSR count). The lowest BCUT2D eigenvalue weighted by Gasteiger charge is -2.43. The second-order valence-corrected chi connectivity index (χ2v) is 7.85. The van der Waals surface area contributed by atoms with Crippen LogP contribution in [0.25, 0.3) is 5.57 Å². The monoisotopic (exact) mass is 392 g/mol. The Bertz CT molecular complexity index is 1020. The van der Waals surface area contributed by atoms with Crippen molar-refractivity contribution in [3.05, 3.63) is 58.7 Å². The number of benzene rings is 2. The number of hydrogen-bond donors (Lipinski definition) is 1. The number of rotatable bonds is 5. The van der Waals surface area contributed by atoms with Crippen molar-refractivity contribution >= 4 is 29.1 Å². The minimum atomic E-state index is -0.950. The normalized spacial score (nSPS) is 15.2. The van der Waals surface area contributed by atoms with E-state index < -0.39 is 5.97 Å². The number of nitrogens with zero attached hydrogens (tertiary/aromatic N) is 2. The van der Waals surface area contributed by atoms with E-state index in [1.165, 1.54) is 5.57 Å². The van der Waals surface area contributed by atoms with E-state index >= 15 is 0 Å². The molecule has 1 aliphatic rings. The van der Waals surface area contributed by atoms with Crippen molar-refractivity contribution < 1.29 is 14.6 Å². The van der Waals surface area contributed by atoms with Crippen molar-refractivity contribution in [3.8, 4) is 5.75 Å². The third-order valence-corrected chi connectivity index (χ3v) is 5.52. The van der Waals surface area contributed by atoms with Crippen molar-refractivity contribution in [2.75, 3.05) is 18.6 Å². The highest BCUT2D eigenvalue weighted by Gasteiger charge is 2.31. The zero-order valence-electron chi connectivity index (χ0n) is 17.9. The van der Waals surface area contributed by atoms with Gasteiger partial charge >= 0.3 is 5.97 Å². The van der Waals surface area contributed by atoms with Crippen LogP contribution >= 0.6 is 0 Å². The van der Waals surface area contributed by atoms with Gasteiger partial charge in [0.1, 0.15) is 5.75 Å². The van der Waals surface area contributed by atoms with Gasteiger partial charge in [-0.1, -0.05) is 12.1 Å². The summed E-state index contributed by atoms with van der Waals surface area (Å²) in [6.45, 7) is 11.4. The molecule has 0 aliphatic carbocycles. The van der Waals surface area contributed by atoms with E-state index in [4.69, 9.17) is 4.74 Å². The van der Waals surface area contributed by atoms with E-state index in [0.29, 0.717) is 11.3 Å². The fourth-order valence-electron chi connectivity index (χ4n) is 4.11. The maximum Gasteiger partial charge on any atom is 0.336 e. The third kappa shape index (κ3) is 3.77. The molecule has 0 aromatic heterocycles. The van der Waals surface area contributed by atoms with Crippen LogP contribution in [0, 0.1) is 6.92 Å². The van der Waals surface area contributed by atoms with E-state index in [1.807, 2.05) is 6.07 Å². The summed E-state index contributed by atoms with van der Waals surface area (Å²) in [5.41, 5.74) is 5.85. The molecule has 2 aromatic rings. The summed E-state index contributed by atoms with van der Waals surface area (Å²) in [5, 5.41) is 9.33. The number of carbonyl (C=O) groups is 1. The summed E-state index contributed by atoms with van der Waals surface area (Å²) >= 11 is 0. The minimum absolute atomic E-state index is 0.0686. The Hall–Kier alpha value is -3.08. The number of hydrogen-bond acceptors (Lipinski definition) is 4. The molecule has 0 radical (unpaired) electrons. The summed E-state index contributed by atoms with van der Waals surface area (Å²) < 4.78 is 5.66. The van der Waals surface area contributed by atoms with Gasteiger partial charge in [0.05, 0.1) is 23.9 Å². The molecule has 0 spiro atoms. The van der Waals surface area contributed by atoms with Crippen LogP contribution in [0.1, 0.15) is 54.7 Å². The van der Waals surface area contributed by atoms with Crippen molar-refractivity contribution in [2.24, 2.45) is 4.99 Å². The van der Waals surface area contributed by atoms with E-state index in [0.717, 1.165) is 29.1 Å². The first-order chi connectivity index (χ1) is 13.7. The standard InChI is InChI=1S/C24H28N2O3/c1-7-26-21-12-22(29-6)17(11-19(21)15(2)13-24(26,4)5)14-25-20-10-8-9-18(16(20)3)23(27)28/h8-14H,7H2,1-6H3,(H,27,28). The fourth-order valence-corrected chi connectivity index (χ4v) is 4.11. The molecule has 0 amide bonds. The first-order valence-electron chi connectivity index (χ1n) is 9.76. The summed E-state index contributed by atoms with van der Waals surface area (Å²) in [4.78, 5) is 18.3. The van der Waals surface area contributed by atoms with Crippen LogP contribution in [0.2, 0.25) is 0 Å². The van der Waals surface area contributed by atoms with E-state index in [2.05, 4.69) is 55.8 Å². The molecular formula is C24H28N2O3. The lowest BCUT2D eigenvalue weighted by Crippen LogP contribution is -2.44. The molecule has 1 aliphatic heterocycles. The predicted molar refractivity (Wildman–Crippen MR) is 119 cm³/mol. The maximum absolute atomic E-state index is 11.4. The van der Waals surface area contributed by atoms with Crippen LogP contribution in [0.4, 0.5) is 11.4 Å². The zero-order valence-corrected chi connectivity index (χ0v) is 17.9. The second-order valence-electron chi connectivity index (χ2n) is 7.85. The number of likely N-dealkylation sites (N-methyl/N-ethyl adjacent to an activating group) is 1. The first-order valence-corrected chi connectivity index (χ1v) is 9.76. The second kappa shape index (κ2) is 7.74. The smallest absolute Gasteiger partial charge is 0.336 e. The van der Waals surface area contributed by atoms with Gasteiger partial charge in [-0.25, -0.2) is 4.79 Å². The molecular weight excluding hydrogens is 364 g/mol. The summed E-state index contributed by atoms with van der Waals surface area (Å²) in [5.74, 6) is -0.211. The number of anilines is 1. The average molecular weight is 392 g/mol. The summed E-state index contributed by atoms with van der Waals surface area (Å²) in [6, 6.07) is 9.28. The molecule has 1 N–H and O–H groups in total. The topological polar surface area (TPSA) is 62.1 Å². The maximum atomic E-state index is 11.4. The molecule has 0 bridgehead atoms. The van der Waals surface area contributed by atoms with Crippen LogP contribution in [-0.4, -0.2) is 36.5 Å². The van der Waals surface area contributed by atoms with E-state index in [1.54, 1.807) is 32.4 Å². The van der Waals surface area contributed by atoms with E-state index in [9.17, 15) is 9.90 Å². The van der Waals surface area contributed by atoms with Crippen LogP contribution in [0.3, 0.4) is 0 Å². The molecule has 0 atom stereocenters. The van der Waals surface area contributed by atoms with Crippen molar-refractivity contribution in [2.45, 2.75) is 40.2 Å². The molecule has 5 heteroatoms. The number of aliphatic imine (C=N–C) groups is 1. The molecule has 5 nitrogen and oxygen atoms in total. The van der Waals surface area contributed by atoms with Gasteiger partial charge in [0.25, 0.3) is 0 Å². The van der Waals surface area contributed by atoms with E-state index in [-0.39, 0.29) is 11.1 Å². The first kappa shape index (κ1) is 20.6. The lowest BCUT2D eigenvalue weighted by molar-refractivity contribution is 0.0696. The highest BCUT2D eigenvalue weighted by atomic mass is 16.5. The van der Waals surface area contributed by atoms with Gasteiger partial charge in [-0.05, 0) is 64.0 Å². The minimum Gasteiger partial charge on any atom is -0.496 e. The van der Waals surface area contributed by atoms with Crippen LogP contribution < -0.4 is 9.64 Å². The lowest BCUT2D eigenvalue weighted by atomic mass is 9.88. The Labute approximate surface area is 172 Å². The number of carboxylic acids is 1. The molecule has 0 fully saturated rings. The van der Waals surface area contributed by atoms with Crippen molar-refractivity contribution in [3.63, 3.8) is 0 Å². The Kier molecular flexibility index (Phi) is 5.51. The Morgan fingerprint density at radius 2 is 2.00 bits per heavy atom. The Morgan fingerprint density at radius 3 is 2.62 bits per heavy atom. The van der Waals surface area contributed by atoms with Gasteiger partial charge in [0.15, 0.2) is 0 Å². The molecule has 1 heterocycles. The molecule has 0 unspecified atom stereocenters. The highest BCUT2D eigenvalue weighted by Crippen LogP contribution is 2.41. The zero-order chi connectivity index (χ0) is 21.3.